The third kappa shape index (κ3) is 2.21. The number of H-pyrrole nitrogens is 1. The van der Waals surface area contributed by atoms with E-state index in [0.717, 1.165) is 60.0 Å². The van der Waals surface area contributed by atoms with Gasteiger partial charge in [-0.1, -0.05) is 0 Å². The first kappa shape index (κ1) is 13.8. The number of fused-ring (bicyclic) bond motifs is 3. The number of aromatic nitrogens is 3. The molecule has 24 heavy (non-hydrogen) atoms. The van der Waals surface area contributed by atoms with Gasteiger partial charge in [-0.2, -0.15) is 0 Å². The van der Waals surface area contributed by atoms with Gasteiger partial charge in [-0.3, -0.25) is 4.79 Å². The van der Waals surface area contributed by atoms with E-state index >= 15 is 0 Å². The molecule has 1 unspecified atom stereocenters. The fraction of sp³-hybridized carbons (Fsp3) is 0.389. The first-order valence-electron chi connectivity index (χ1n) is 8.56. The van der Waals surface area contributed by atoms with Crippen LogP contribution in [-0.4, -0.2) is 40.0 Å². The van der Waals surface area contributed by atoms with Crippen molar-refractivity contribution in [3.05, 3.63) is 30.7 Å². The Bertz CT molecular complexity index is 929. The van der Waals surface area contributed by atoms with E-state index < -0.39 is 0 Å². The minimum Gasteiger partial charge on any atom is -0.370 e. The van der Waals surface area contributed by atoms with E-state index in [2.05, 4.69) is 31.2 Å². The van der Waals surface area contributed by atoms with E-state index in [1.165, 1.54) is 0 Å². The van der Waals surface area contributed by atoms with Gasteiger partial charge in [0, 0.05) is 48.0 Å². The third-order valence-corrected chi connectivity index (χ3v) is 5.09. The lowest BCUT2D eigenvalue weighted by atomic mass is 10.1. The molecule has 0 radical (unpaired) electrons. The van der Waals surface area contributed by atoms with Gasteiger partial charge in [-0.15, -0.1) is 0 Å². The molecule has 1 saturated heterocycles. The van der Waals surface area contributed by atoms with Gasteiger partial charge in [0.15, 0.2) is 5.65 Å². The molecule has 3 aromatic rings. The standard InChI is InChI=1S/C18H19N5O/c24-18(22-12-1-2-12)11-5-8-23(10-11)15-4-7-19-14-9-21-17-13(16(14)15)3-6-20-17/h3-4,6-7,9,11-12,19H,1-2,5,8,10H2,(H,22,24). The molecule has 1 amide bonds. The van der Waals surface area contributed by atoms with Crippen LogP contribution in [0.5, 0.6) is 0 Å². The molecule has 1 aliphatic heterocycles. The lowest BCUT2D eigenvalue weighted by molar-refractivity contribution is -0.124. The molecule has 6 nitrogen and oxygen atoms in total. The zero-order valence-corrected chi connectivity index (χ0v) is 13.3. The van der Waals surface area contributed by atoms with Crippen LogP contribution in [0.15, 0.2) is 30.7 Å². The molecule has 2 aliphatic rings. The Hall–Kier alpha value is -2.63. The van der Waals surface area contributed by atoms with Gasteiger partial charge in [-0.05, 0) is 31.4 Å². The van der Waals surface area contributed by atoms with Crippen LogP contribution < -0.4 is 10.2 Å². The van der Waals surface area contributed by atoms with Crippen LogP contribution in [0.2, 0.25) is 0 Å². The van der Waals surface area contributed by atoms with Crippen LogP contribution in [0.3, 0.4) is 0 Å². The Morgan fingerprint density at radius 1 is 1.25 bits per heavy atom. The number of aromatic amines is 1. The van der Waals surface area contributed by atoms with E-state index in [-0.39, 0.29) is 11.8 Å². The van der Waals surface area contributed by atoms with Gasteiger partial charge in [0.05, 0.1) is 17.6 Å². The summed E-state index contributed by atoms with van der Waals surface area (Å²) < 4.78 is 0. The number of pyridine rings is 2. The highest BCUT2D eigenvalue weighted by Crippen LogP contribution is 2.34. The van der Waals surface area contributed by atoms with Crippen molar-refractivity contribution >= 4 is 33.5 Å². The zero-order valence-electron chi connectivity index (χ0n) is 13.3. The van der Waals surface area contributed by atoms with Crippen molar-refractivity contribution in [3.63, 3.8) is 0 Å². The van der Waals surface area contributed by atoms with Gasteiger partial charge in [-0.25, -0.2) is 9.97 Å². The normalized spacial score (nSPS) is 20.8. The van der Waals surface area contributed by atoms with Crippen LogP contribution in [0.1, 0.15) is 19.3 Å². The molecule has 1 saturated carbocycles. The van der Waals surface area contributed by atoms with Crippen molar-refractivity contribution in [1.29, 1.82) is 0 Å². The number of carbonyl (C=O) groups is 1. The van der Waals surface area contributed by atoms with E-state index in [1.807, 2.05) is 18.5 Å². The van der Waals surface area contributed by atoms with Crippen LogP contribution in [0.4, 0.5) is 5.69 Å². The second-order valence-corrected chi connectivity index (χ2v) is 6.81. The molecule has 122 valence electrons. The van der Waals surface area contributed by atoms with Crippen LogP contribution >= 0.6 is 0 Å². The number of hydrogen-bond acceptors (Lipinski definition) is 4. The number of nitrogens with zero attached hydrogens (tertiary/aromatic N) is 3. The minimum atomic E-state index is 0.0833. The molecule has 2 N–H and O–H groups in total. The molecule has 1 atom stereocenters. The van der Waals surface area contributed by atoms with E-state index in [0.29, 0.717) is 6.04 Å². The molecule has 0 bridgehead atoms. The molecular weight excluding hydrogens is 302 g/mol. The minimum absolute atomic E-state index is 0.0833. The summed E-state index contributed by atoms with van der Waals surface area (Å²) in [5, 5.41) is 5.34. The van der Waals surface area contributed by atoms with Crippen molar-refractivity contribution in [2.45, 2.75) is 25.3 Å². The second-order valence-electron chi connectivity index (χ2n) is 6.81. The smallest absolute Gasteiger partial charge is 0.225 e. The third-order valence-electron chi connectivity index (χ3n) is 5.09. The van der Waals surface area contributed by atoms with Crippen molar-refractivity contribution < 1.29 is 4.79 Å². The molecule has 6 heteroatoms. The Morgan fingerprint density at radius 2 is 2.17 bits per heavy atom. The monoisotopic (exact) mass is 321 g/mol. The Balaban J connectivity index is 1.50. The fourth-order valence-corrected chi connectivity index (χ4v) is 3.64. The maximum atomic E-state index is 12.3. The van der Waals surface area contributed by atoms with Gasteiger partial charge in [0.25, 0.3) is 0 Å². The first-order chi connectivity index (χ1) is 11.8. The largest absolute Gasteiger partial charge is 0.370 e. The lowest BCUT2D eigenvalue weighted by Crippen LogP contribution is -2.34. The summed E-state index contributed by atoms with van der Waals surface area (Å²) in [5.74, 6) is 0.300. The highest BCUT2D eigenvalue weighted by molar-refractivity contribution is 6.10. The van der Waals surface area contributed by atoms with E-state index in [4.69, 9.17) is 0 Å². The predicted octanol–water partition coefficient (Wildman–Crippen LogP) is 2.22. The topological polar surface area (TPSA) is 73.9 Å². The van der Waals surface area contributed by atoms with Crippen molar-refractivity contribution in [2.75, 3.05) is 18.0 Å². The highest BCUT2D eigenvalue weighted by Gasteiger charge is 2.32. The summed E-state index contributed by atoms with van der Waals surface area (Å²) >= 11 is 0. The number of carbonyl (C=O) groups excluding carboxylic acids is 1. The molecule has 4 heterocycles. The number of amides is 1. The highest BCUT2D eigenvalue weighted by atomic mass is 16.2. The van der Waals surface area contributed by atoms with Gasteiger partial charge < -0.3 is 15.2 Å². The molecule has 2 fully saturated rings. The summed E-state index contributed by atoms with van der Waals surface area (Å²) in [6.07, 6.45) is 8.75. The number of rotatable bonds is 3. The van der Waals surface area contributed by atoms with Crippen molar-refractivity contribution in [2.24, 2.45) is 5.92 Å². The summed E-state index contributed by atoms with van der Waals surface area (Å²) in [6.45, 7) is 1.68. The van der Waals surface area contributed by atoms with Crippen molar-refractivity contribution in [1.82, 2.24) is 20.3 Å². The summed E-state index contributed by atoms with van der Waals surface area (Å²) in [6, 6.07) is 4.53. The lowest BCUT2D eigenvalue weighted by Gasteiger charge is -2.21. The van der Waals surface area contributed by atoms with Gasteiger partial charge in [0.1, 0.15) is 0 Å². The van der Waals surface area contributed by atoms with Gasteiger partial charge in [0.2, 0.25) is 5.91 Å². The van der Waals surface area contributed by atoms with Gasteiger partial charge >= 0.3 is 0 Å². The van der Waals surface area contributed by atoms with Crippen molar-refractivity contribution in [3.8, 4) is 0 Å². The summed E-state index contributed by atoms with van der Waals surface area (Å²) in [7, 11) is 0. The number of hydrogen-bond donors (Lipinski definition) is 2. The van der Waals surface area contributed by atoms with E-state index in [1.54, 1.807) is 6.20 Å². The molecular formula is C18H19N5O. The maximum absolute atomic E-state index is 12.3. The average Bonchev–Trinajstić information content (AvgIpc) is 3.12. The zero-order chi connectivity index (χ0) is 16.1. The molecule has 5 rings (SSSR count). The first-order valence-corrected chi connectivity index (χ1v) is 8.56. The van der Waals surface area contributed by atoms with Crippen LogP contribution in [0, 0.1) is 5.92 Å². The quantitative estimate of drug-likeness (QED) is 0.776. The second kappa shape index (κ2) is 5.19. The van der Waals surface area contributed by atoms with E-state index in [9.17, 15) is 4.79 Å². The average molecular weight is 321 g/mol. The molecule has 0 spiro atoms. The fourth-order valence-electron chi connectivity index (χ4n) is 3.64. The number of anilines is 1. The SMILES string of the molecule is O=C(NC1CC1)C1CCN(c2cc[nH]c3cnc4nccc4c23)C1. The summed E-state index contributed by atoms with van der Waals surface area (Å²) in [4.78, 5) is 26.6. The Labute approximate surface area is 139 Å². The van der Waals surface area contributed by atoms with Crippen LogP contribution in [0.25, 0.3) is 21.9 Å². The predicted molar refractivity (Wildman–Crippen MR) is 92.9 cm³/mol. The molecule has 1 aliphatic carbocycles. The Kier molecular flexibility index (Phi) is 2.98. The Morgan fingerprint density at radius 3 is 3.04 bits per heavy atom. The van der Waals surface area contributed by atoms with Crippen LogP contribution in [-0.2, 0) is 4.79 Å². The maximum Gasteiger partial charge on any atom is 0.225 e. The molecule has 3 aromatic heterocycles. The summed E-state index contributed by atoms with van der Waals surface area (Å²) in [5.41, 5.74) is 2.93. The molecule has 0 aromatic carbocycles. The number of nitrogens with one attached hydrogen (secondary N) is 2.